The number of nitrogens with zero attached hydrogens (tertiary/aromatic N) is 1. The van der Waals surface area contributed by atoms with Crippen molar-refractivity contribution < 1.29 is 5.11 Å². The minimum Gasteiger partial charge on any atom is -0.388 e. The van der Waals surface area contributed by atoms with Gasteiger partial charge in [0.2, 0.25) is 0 Å². The van der Waals surface area contributed by atoms with Crippen LogP contribution < -0.4 is 10.6 Å². The van der Waals surface area contributed by atoms with Crippen molar-refractivity contribution in [3.63, 3.8) is 0 Å². The summed E-state index contributed by atoms with van der Waals surface area (Å²) in [5.74, 6) is 0.793. The van der Waals surface area contributed by atoms with E-state index in [1.807, 2.05) is 6.07 Å². The molecule has 0 unspecified atom stereocenters. The van der Waals surface area contributed by atoms with Gasteiger partial charge in [0, 0.05) is 30.2 Å². The molecule has 2 aromatic rings. The molecule has 26 heavy (non-hydrogen) atoms. The fraction of sp³-hybridized carbons (Fsp3) is 0.550. The molecular formula is C20H31IN4O. The van der Waals surface area contributed by atoms with E-state index in [1.165, 1.54) is 22.9 Å². The lowest BCUT2D eigenvalue weighted by Crippen LogP contribution is -2.41. The van der Waals surface area contributed by atoms with Gasteiger partial charge in [0.25, 0.3) is 0 Å². The number of aromatic amines is 1. The number of fused-ring (bicyclic) bond motifs is 1. The highest BCUT2D eigenvalue weighted by Gasteiger charge is 2.28. The van der Waals surface area contributed by atoms with Gasteiger partial charge in [-0.2, -0.15) is 0 Å². The largest absolute Gasteiger partial charge is 0.388 e. The first-order valence-corrected chi connectivity index (χ1v) is 9.50. The minimum atomic E-state index is -0.614. The van der Waals surface area contributed by atoms with E-state index in [0.717, 1.165) is 51.2 Å². The lowest BCUT2D eigenvalue weighted by Gasteiger charge is -2.30. The monoisotopic (exact) mass is 470 g/mol. The molecule has 1 saturated carbocycles. The SMILES string of the molecule is CCNC(=NCC1(O)CCCCC1)NCCc1c[nH]c2ccccc12.I. The summed E-state index contributed by atoms with van der Waals surface area (Å²) < 4.78 is 0. The number of aromatic nitrogens is 1. The molecule has 5 nitrogen and oxygen atoms in total. The van der Waals surface area contributed by atoms with Crippen molar-refractivity contribution in [2.75, 3.05) is 19.6 Å². The Morgan fingerprint density at radius 2 is 1.96 bits per heavy atom. The number of rotatable bonds is 6. The number of para-hydroxylation sites is 1. The molecule has 0 bridgehead atoms. The van der Waals surface area contributed by atoms with E-state index in [9.17, 15) is 5.11 Å². The van der Waals surface area contributed by atoms with Gasteiger partial charge in [0.1, 0.15) is 0 Å². The zero-order valence-corrected chi connectivity index (χ0v) is 17.9. The van der Waals surface area contributed by atoms with Crippen molar-refractivity contribution >= 4 is 40.8 Å². The molecule has 1 heterocycles. The minimum absolute atomic E-state index is 0. The molecule has 6 heteroatoms. The standard InChI is InChI=1S/C20H30N4O.HI/c1-2-21-19(24-15-20(25)11-6-3-7-12-20)22-13-10-16-14-23-18-9-5-4-8-17(16)18;/h4-5,8-9,14,23,25H,2-3,6-7,10-13,15H2,1H3,(H2,21,22,24);1H. The van der Waals surface area contributed by atoms with Crippen LogP contribution in [-0.4, -0.2) is 41.3 Å². The highest BCUT2D eigenvalue weighted by molar-refractivity contribution is 14.0. The van der Waals surface area contributed by atoms with Crippen molar-refractivity contribution in [1.82, 2.24) is 15.6 Å². The summed E-state index contributed by atoms with van der Waals surface area (Å²) in [5, 5.41) is 18.6. The predicted molar refractivity (Wildman–Crippen MR) is 119 cm³/mol. The summed E-state index contributed by atoms with van der Waals surface area (Å²) >= 11 is 0. The number of hydrogen-bond acceptors (Lipinski definition) is 2. The van der Waals surface area contributed by atoms with Crippen molar-refractivity contribution in [2.24, 2.45) is 4.99 Å². The van der Waals surface area contributed by atoms with Gasteiger partial charge in [0.15, 0.2) is 5.96 Å². The highest BCUT2D eigenvalue weighted by Crippen LogP contribution is 2.28. The molecule has 1 aliphatic carbocycles. The Kier molecular flexibility index (Phi) is 8.21. The van der Waals surface area contributed by atoms with E-state index >= 15 is 0 Å². The summed E-state index contributed by atoms with van der Waals surface area (Å²) in [6, 6.07) is 8.37. The van der Waals surface area contributed by atoms with Gasteiger partial charge in [0.05, 0.1) is 12.1 Å². The third-order valence-corrected chi connectivity index (χ3v) is 5.02. The first-order valence-electron chi connectivity index (χ1n) is 9.50. The summed E-state index contributed by atoms with van der Waals surface area (Å²) in [5.41, 5.74) is 1.87. The smallest absolute Gasteiger partial charge is 0.191 e. The van der Waals surface area contributed by atoms with E-state index in [2.05, 4.69) is 51.9 Å². The van der Waals surface area contributed by atoms with Gasteiger partial charge in [-0.1, -0.05) is 37.5 Å². The molecule has 144 valence electrons. The second-order valence-corrected chi connectivity index (χ2v) is 7.02. The molecule has 0 amide bonds. The number of H-pyrrole nitrogens is 1. The van der Waals surface area contributed by atoms with E-state index in [1.54, 1.807) is 0 Å². The first-order chi connectivity index (χ1) is 12.2. The molecule has 4 N–H and O–H groups in total. The van der Waals surface area contributed by atoms with Crippen LogP contribution in [0.4, 0.5) is 0 Å². The quantitative estimate of drug-likeness (QED) is 0.296. The van der Waals surface area contributed by atoms with Crippen LogP contribution in [0, 0.1) is 0 Å². The number of nitrogens with one attached hydrogen (secondary N) is 3. The summed E-state index contributed by atoms with van der Waals surface area (Å²) in [6.07, 6.45) is 8.19. The van der Waals surface area contributed by atoms with Crippen molar-refractivity contribution in [1.29, 1.82) is 0 Å². The third-order valence-electron chi connectivity index (χ3n) is 5.02. The average Bonchev–Trinajstić information content (AvgIpc) is 3.04. The fourth-order valence-corrected chi connectivity index (χ4v) is 3.59. The molecule has 0 radical (unpaired) electrons. The number of hydrogen-bond donors (Lipinski definition) is 4. The topological polar surface area (TPSA) is 72.4 Å². The van der Waals surface area contributed by atoms with Gasteiger partial charge < -0.3 is 20.7 Å². The van der Waals surface area contributed by atoms with Crippen LogP contribution in [0.2, 0.25) is 0 Å². The number of benzene rings is 1. The molecule has 1 aromatic carbocycles. The molecular weight excluding hydrogens is 439 g/mol. The maximum absolute atomic E-state index is 10.6. The lowest BCUT2D eigenvalue weighted by atomic mass is 9.85. The Hall–Kier alpha value is -1.28. The fourth-order valence-electron chi connectivity index (χ4n) is 3.59. The van der Waals surface area contributed by atoms with Crippen molar-refractivity contribution in [2.45, 2.75) is 51.0 Å². The molecule has 0 atom stereocenters. The van der Waals surface area contributed by atoms with E-state index in [-0.39, 0.29) is 24.0 Å². The van der Waals surface area contributed by atoms with Gasteiger partial charge >= 0.3 is 0 Å². The van der Waals surface area contributed by atoms with Crippen LogP contribution in [0.1, 0.15) is 44.6 Å². The highest BCUT2D eigenvalue weighted by atomic mass is 127. The lowest BCUT2D eigenvalue weighted by molar-refractivity contribution is 0.0131. The van der Waals surface area contributed by atoms with Crippen molar-refractivity contribution in [3.05, 3.63) is 36.0 Å². The molecule has 1 fully saturated rings. The Morgan fingerprint density at radius 1 is 1.19 bits per heavy atom. The first kappa shape index (κ1) is 21.0. The molecule has 3 rings (SSSR count). The number of guanidine groups is 1. The number of aliphatic imine (C=N–C) groups is 1. The zero-order chi connectivity index (χ0) is 17.5. The van der Waals surface area contributed by atoms with Gasteiger partial charge in [-0.3, -0.25) is 4.99 Å². The van der Waals surface area contributed by atoms with Crippen LogP contribution in [0.3, 0.4) is 0 Å². The van der Waals surface area contributed by atoms with Gasteiger partial charge in [-0.25, -0.2) is 0 Å². The Morgan fingerprint density at radius 3 is 2.73 bits per heavy atom. The van der Waals surface area contributed by atoms with Crippen LogP contribution in [-0.2, 0) is 6.42 Å². The number of aliphatic hydroxyl groups is 1. The normalized spacial score (nSPS) is 16.9. The molecule has 0 aliphatic heterocycles. The maximum Gasteiger partial charge on any atom is 0.191 e. The van der Waals surface area contributed by atoms with Crippen LogP contribution in [0.25, 0.3) is 10.9 Å². The van der Waals surface area contributed by atoms with Gasteiger partial charge in [-0.05, 0) is 37.8 Å². The van der Waals surface area contributed by atoms with E-state index in [4.69, 9.17) is 0 Å². The Balaban J connectivity index is 0.00000243. The van der Waals surface area contributed by atoms with Crippen LogP contribution >= 0.6 is 24.0 Å². The van der Waals surface area contributed by atoms with Crippen molar-refractivity contribution in [3.8, 4) is 0 Å². The number of halogens is 1. The Labute approximate surface area is 173 Å². The second-order valence-electron chi connectivity index (χ2n) is 7.02. The van der Waals surface area contributed by atoms with Crippen LogP contribution in [0.5, 0.6) is 0 Å². The van der Waals surface area contributed by atoms with E-state index < -0.39 is 5.60 Å². The second kappa shape index (κ2) is 10.2. The summed E-state index contributed by atoms with van der Waals surface area (Å²) in [6.45, 7) is 4.17. The predicted octanol–water partition coefficient (Wildman–Crippen LogP) is 3.58. The summed E-state index contributed by atoms with van der Waals surface area (Å²) in [4.78, 5) is 7.94. The summed E-state index contributed by atoms with van der Waals surface area (Å²) in [7, 11) is 0. The molecule has 0 saturated heterocycles. The molecule has 1 aliphatic rings. The molecule has 1 aromatic heterocycles. The van der Waals surface area contributed by atoms with E-state index in [0.29, 0.717) is 6.54 Å². The third kappa shape index (κ3) is 5.61. The molecule has 0 spiro atoms. The van der Waals surface area contributed by atoms with Crippen LogP contribution in [0.15, 0.2) is 35.5 Å². The zero-order valence-electron chi connectivity index (χ0n) is 15.6. The average molecular weight is 470 g/mol. The maximum atomic E-state index is 10.6. The van der Waals surface area contributed by atoms with Gasteiger partial charge in [-0.15, -0.1) is 24.0 Å². The Bertz CT molecular complexity index is 707.